The fourth-order valence-corrected chi connectivity index (χ4v) is 2.21. The molecule has 0 aliphatic heterocycles. The summed E-state index contributed by atoms with van der Waals surface area (Å²) in [6.07, 6.45) is -4.13. The Morgan fingerprint density at radius 2 is 2.00 bits per heavy atom. The maximum absolute atomic E-state index is 13.3. The summed E-state index contributed by atoms with van der Waals surface area (Å²) in [5.74, 6) is -1.22. The highest BCUT2D eigenvalue weighted by molar-refractivity contribution is 6.06. The van der Waals surface area contributed by atoms with E-state index in [1.54, 1.807) is 0 Å². The van der Waals surface area contributed by atoms with Gasteiger partial charge >= 0.3 is 6.18 Å². The molecule has 0 radical (unpaired) electrons. The Morgan fingerprint density at radius 1 is 1.35 bits per heavy atom. The van der Waals surface area contributed by atoms with E-state index in [9.17, 15) is 18.0 Å². The van der Waals surface area contributed by atoms with Crippen LogP contribution in [0.15, 0.2) is 18.2 Å². The SMILES string of the molecule is CN(C(=N)N)C(=O)c1cc2c(C(F)(F)F)cc(OCCCN)cc2[nH]1.Cl. The number of carbonyl (C=O) groups excluding carboxylic acids is 1. The van der Waals surface area contributed by atoms with Crippen molar-refractivity contribution in [3.63, 3.8) is 0 Å². The fraction of sp³-hybridized carbons (Fsp3) is 0.333. The number of nitrogens with zero attached hydrogens (tertiary/aromatic N) is 1. The molecular weight excluding hydrogens is 375 g/mol. The van der Waals surface area contributed by atoms with Gasteiger partial charge in [0.2, 0.25) is 0 Å². The van der Waals surface area contributed by atoms with Gasteiger partial charge in [-0.2, -0.15) is 13.2 Å². The molecule has 1 aromatic carbocycles. The molecule has 0 fully saturated rings. The molecule has 144 valence electrons. The molecule has 0 saturated carbocycles. The first kappa shape index (κ1) is 21.6. The molecule has 26 heavy (non-hydrogen) atoms. The van der Waals surface area contributed by atoms with Crippen molar-refractivity contribution in [3.8, 4) is 5.75 Å². The van der Waals surface area contributed by atoms with Crippen molar-refractivity contribution in [3.05, 3.63) is 29.5 Å². The molecule has 1 heterocycles. The lowest BCUT2D eigenvalue weighted by molar-refractivity contribution is -0.136. The molecule has 2 aromatic rings. The molecule has 1 amide bonds. The second-order valence-corrected chi connectivity index (χ2v) is 5.35. The molecule has 0 aliphatic rings. The van der Waals surface area contributed by atoms with Crippen molar-refractivity contribution in [2.45, 2.75) is 12.6 Å². The second kappa shape index (κ2) is 8.28. The number of halogens is 4. The number of hydrogen-bond acceptors (Lipinski definition) is 4. The lowest BCUT2D eigenvalue weighted by Gasteiger charge is -2.12. The van der Waals surface area contributed by atoms with Crippen molar-refractivity contribution in [2.24, 2.45) is 11.5 Å². The monoisotopic (exact) mass is 393 g/mol. The third kappa shape index (κ3) is 4.58. The number of guanidine groups is 1. The molecule has 0 spiro atoms. The van der Waals surface area contributed by atoms with Gasteiger partial charge < -0.3 is 21.2 Å². The van der Waals surface area contributed by atoms with Crippen LogP contribution in [0.2, 0.25) is 0 Å². The van der Waals surface area contributed by atoms with Gasteiger partial charge in [0.1, 0.15) is 11.4 Å². The van der Waals surface area contributed by atoms with Gasteiger partial charge in [0, 0.05) is 18.5 Å². The number of fused-ring (bicyclic) bond motifs is 1. The van der Waals surface area contributed by atoms with Crippen LogP contribution in [0.3, 0.4) is 0 Å². The van der Waals surface area contributed by atoms with Crippen LogP contribution in [-0.4, -0.2) is 41.9 Å². The van der Waals surface area contributed by atoms with Crippen LogP contribution >= 0.6 is 12.4 Å². The lowest BCUT2D eigenvalue weighted by atomic mass is 10.1. The van der Waals surface area contributed by atoms with E-state index in [-0.39, 0.29) is 41.4 Å². The van der Waals surface area contributed by atoms with E-state index < -0.39 is 23.6 Å². The second-order valence-electron chi connectivity index (χ2n) is 5.35. The first-order valence-corrected chi connectivity index (χ1v) is 7.34. The van der Waals surface area contributed by atoms with Crippen LogP contribution in [0.25, 0.3) is 10.9 Å². The van der Waals surface area contributed by atoms with Crippen LogP contribution < -0.4 is 16.2 Å². The number of carbonyl (C=O) groups is 1. The van der Waals surface area contributed by atoms with Crippen LogP contribution in [0, 0.1) is 5.41 Å². The van der Waals surface area contributed by atoms with Gasteiger partial charge in [0.25, 0.3) is 5.91 Å². The van der Waals surface area contributed by atoms with E-state index in [0.29, 0.717) is 13.0 Å². The van der Waals surface area contributed by atoms with Crippen LogP contribution in [0.4, 0.5) is 13.2 Å². The topological polar surface area (TPSA) is 121 Å². The van der Waals surface area contributed by atoms with Gasteiger partial charge in [-0.05, 0) is 25.1 Å². The van der Waals surface area contributed by atoms with Gasteiger partial charge in [0.05, 0.1) is 17.7 Å². The van der Waals surface area contributed by atoms with Gasteiger partial charge in [-0.15, -0.1) is 12.4 Å². The molecule has 0 bridgehead atoms. The van der Waals surface area contributed by atoms with Gasteiger partial charge in [-0.3, -0.25) is 15.1 Å². The molecule has 0 unspecified atom stereocenters. The average Bonchev–Trinajstić information content (AvgIpc) is 2.95. The normalized spacial score (nSPS) is 11.1. The summed E-state index contributed by atoms with van der Waals surface area (Å²) in [5.41, 5.74) is 9.62. The van der Waals surface area contributed by atoms with Crippen LogP contribution in [-0.2, 0) is 6.18 Å². The maximum Gasteiger partial charge on any atom is 0.417 e. The zero-order valence-corrected chi connectivity index (χ0v) is 14.6. The van der Waals surface area contributed by atoms with Gasteiger partial charge in [-0.1, -0.05) is 0 Å². The summed E-state index contributed by atoms with van der Waals surface area (Å²) >= 11 is 0. The first-order valence-electron chi connectivity index (χ1n) is 7.34. The van der Waals surface area contributed by atoms with E-state index in [0.717, 1.165) is 17.0 Å². The molecule has 11 heteroatoms. The Bertz CT molecular complexity index is 806. The average molecular weight is 394 g/mol. The molecular formula is C15H19ClF3N5O2. The fourth-order valence-electron chi connectivity index (χ4n) is 2.21. The summed E-state index contributed by atoms with van der Waals surface area (Å²) in [5, 5.41) is 7.08. The number of aromatic amines is 1. The van der Waals surface area contributed by atoms with Crippen LogP contribution in [0.1, 0.15) is 22.5 Å². The summed E-state index contributed by atoms with van der Waals surface area (Å²) in [6, 6.07) is 3.35. The molecule has 0 atom stereocenters. The number of ether oxygens (including phenoxy) is 1. The Labute approximate surface area is 153 Å². The standard InChI is InChI=1S/C15H18F3N5O2.ClH/c1-23(14(20)21)13(24)12-7-9-10(15(16,17)18)5-8(6-11(9)22-12)25-4-2-3-19;/h5-7,22H,2-4,19H2,1H3,(H3,20,21);1H. The third-order valence-electron chi connectivity index (χ3n) is 3.53. The van der Waals surface area contributed by atoms with E-state index in [1.165, 1.54) is 13.1 Å². The van der Waals surface area contributed by atoms with Crippen molar-refractivity contribution >= 4 is 35.2 Å². The van der Waals surface area contributed by atoms with Gasteiger partial charge in [0.15, 0.2) is 5.96 Å². The molecule has 1 aromatic heterocycles. The Balaban J connectivity index is 0.00000338. The number of benzene rings is 1. The summed E-state index contributed by atoms with van der Waals surface area (Å²) in [6.45, 7) is 0.534. The number of amides is 1. The molecule has 7 nitrogen and oxygen atoms in total. The predicted molar refractivity (Wildman–Crippen MR) is 93.7 cm³/mol. The number of H-pyrrole nitrogens is 1. The van der Waals surface area contributed by atoms with Crippen molar-refractivity contribution in [1.82, 2.24) is 9.88 Å². The maximum atomic E-state index is 13.3. The van der Waals surface area contributed by atoms with E-state index >= 15 is 0 Å². The predicted octanol–water partition coefficient (Wildman–Crippen LogP) is 2.30. The summed E-state index contributed by atoms with van der Waals surface area (Å²) in [7, 11) is 1.25. The molecule has 0 saturated heterocycles. The number of nitrogens with one attached hydrogen (secondary N) is 2. The van der Waals surface area contributed by atoms with E-state index in [1.807, 2.05) is 0 Å². The zero-order valence-electron chi connectivity index (χ0n) is 13.8. The van der Waals surface area contributed by atoms with Crippen LogP contribution in [0.5, 0.6) is 5.75 Å². The highest BCUT2D eigenvalue weighted by atomic mass is 35.5. The van der Waals surface area contributed by atoms with E-state index in [2.05, 4.69) is 4.98 Å². The Hall–Kier alpha value is -2.46. The zero-order chi connectivity index (χ0) is 18.8. The summed E-state index contributed by atoms with van der Waals surface area (Å²) in [4.78, 5) is 15.6. The highest BCUT2D eigenvalue weighted by Gasteiger charge is 2.34. The quantitative estimate of drug-likeness (QED) is 0.353. The lowest BCUT2D eigenvalue weighted by Crippen LogP contribution is -2.38. The smallest absolute Gasteiger partial charge is 0.417 e. The van der Waals surface area contributed by atoms with Crippen molar-refractivity contribution in [2.75, 3.05) is 20.2 Å². The Kier molecular flexibility index (Phi) is 6.87. The van der Waals surface area contributed by atoms with E-state index in [4.69, 9.17) is 21.6 Å². The summed E-state index contributed by atoms with van der Waals surface area (Å²) < 4.78 is 45.3. The minimum atomic E-state index is -4.62. The number of hydrogen-bond donors (Lipinski definition) is 4. The number of alkyl halides is 3. The minimum absolute atomic E-state index is 0. The first-order chi connectivity index (χ1) is 11.6. The molecule has 2 rings (SSSR count). The molecule has 6 N–H and O–H groups in total. The number of nitrogens with two attached hydrogens (primary N) is 2. The van der Waals surface area contributed by atoms with Gasteiger partial charge in [-0.25, -0.2) is 0 Å². The Morgan fingerprint density at radius 3 is 2.54 bits per heavy atom. The third-order valence-corrected chi connectivity index (χ3v) is 3.53. The minimum Gasteiger partial charge on any atom is -0.493 e. The number of rotatable bonds is 5. The largest absolute Gasteiger partial charge is 0.493 e. The number of aromatic nitrogens is 1. The highest BCUT2D eigenvalue weighted by Crippen LogP contribution is 2.38. The van der Waals surface area contributed by atoms with Crippen molar-refractivity contribution in [1.29, 1.82) is 5.41 Å². The molecule has 0 aliphatic carbocycles. The van der Waals surface area contributed by atoms with Crippen molar-refractivity contribution < 1.29 is 22.7 Å².